The Morgan fingerprint density at radius 3 is 2.65 bits per heavy atom. The van der Waals surface area contributed by atoms with E-state index in [-0.39, 0.29) is 0 Å². The second-order valence-corrected chi connectivity index (χ2v) is 5.48. The molecule has 0 fully saturated rings. The molecule has 1 aromatic heterocycles. The summed E-state index contributed by atoms with van der Waals surface area (Å²) in [5.41, 5.74) is 0.863. The summed E-state index contributed by atoms with van der Waals surface area (Å²) < 4.78 is 1.67. The van der Waals surface area contributed by atoms with Crippen LogP contribution in [0.5, 0.6) is 0 Å². The van der Waals surface area contributed by atoms with E-state index in [0.717, 1.165) is 14.8 Å². The van der Waals surface area contributed by atoms with Gasteiger partial charge in [-0.05, 0) is 57.0 Å². The van der Waals surface area contributed by atoms with E-state index in [4.69, 9.17) is 11.6 Å². The minimum Gasteiger partial charge on any atom is -0.339 e. The zero-order valence-electron chi connectivity index (χ0n) is 8.84. The van der Waals surface area contributed by atoms with Gasteiger partial charge >= 0.3 is 0 Å². The fourth-order valence-electron chi connectivity index (χ4n) is 1.33. The largest absolute Gasteiger partial charge is 0.339 e. The molecule has 1 N–H and O–H groups in total. The molecule has 0 aliphatic heterocycles. The number of nitrogens with one attached hydrogen (secondary N) is 1. The molecule has 6 heteroatoms. The van der Waals surface area contributed by atoms with Gasteiger partial charge in [-0.2, -0.15) is 0 Å². The highest BCUT2D eigenvalue weighted by Crippen LogP contribution is 2.28. The van der Waals surface area contributed by atoms with Crippen molar-refractivity contribution in [3.05, 3.63) is 44.2 Å². The van der Waals surface area contributed by atoms with Gasteiger partial charge in [-0.1, -0.05) is 11.6 Å². The van der Waals surface area contributed by atoms with E-state index in [2.05, 4.69) is 47.1 Å². The van der Waals surface area contributed by atoms with Gasteiger partial charge < -0.3 is 5.32 Å². The van der Waals surface area contributed by atoms with Crippen LogP contribution in [0.25, 0.3) is 0 Å². The topological polar surface area (TPSA) is 37.8 Å². The lowest BCUT2D eigenvalue weighted by Gasteiger charge is -2.09. The van der Waals surface area contributed by atoms with E-state index in [1.807, 2.05) is 25.1 Å². The summed E-state index contributed by atoms with van der Waals surface area (Å²) in [4.78, 5) is 8.43. The first-order valence-electron chi connectivity index (χ1n) is 4.78. The van der Waals surface area contributed by atoms with Crippen LogP contribution in [-0.4, -0.2) is 9.97 Å². The summed E-state index contributed by atoms with van der Waals surface area (Å²) in [6.45, 7) is 1.84. The van der Waals surface area contributed by atoms with E-state index in [1.54, 1.807) is 6.07 Å². The van der Waals surface area contributed by atoms with E-state index in [1.165, 1.54) is 0 Å². The van der Waals surface area contributed by atoms with Crippen molar-refractivity contribution in [3.8, 4) is 0 Å². The third-order valence-electron chi connectivity index (χ3n) is 2.00. The Bertz CT molecular complexity index is 540. The maximum atomic E-state index is 5.94. The zero-order valence-corrected chi connectivity index (χ0v) is 12.8. The van der Waals surface area contributed by atoms with Gasteiger partial charge in [0.2, 0.25) is 0 Å². The molecular weight excluding hydrogens is 369 g/mol. The van der Waals surface area contributed by atoms with Crippen molar-refractivity contribution >= 4 is 55.0 Å². The van der Waals surface area contributed by atoms with E-state index in [0.29, 0.717) is 16.7 Å². The second-order valence-electron chi connectivity index (χ2n) is 3.37. The Balaban J connectivity index is 2.34. The van der Waals surface area contributed by atoms with Crippen LogP contribution in [0.4, 0.5) is 11.5 Å². The molecule has 1 aromatic carbocycles. The van der Waals surface area contributed by atoms with Gasteiger partial charge in [0.05, 0.1) is 5.69 Å². The summed E-state index contributed by atoms with van der Waals surface area (Å²) >= 11 is 12.7. The Hall–Kier alpha value is -0.650. The SMILES string of the molecule is Cc1nc(Br)cc(Nc2cc(Cl)ccc2Br)n1. The van der Waals surface area contributed by atoms with E-state index in [9.17, 15) is 0 Å². The number of halogens is 3. The van der Waals surface area contributed by atoms with Crippen LogP contribution in [0.3, 0.4) is 0 Å². The fourth-order valence-corrected chi connectivity index (χ4v) is 2.32. The van der Waals surface area contributed by atoms with Crippen molar-refractivity contribution in [3.63, 3.8) is 0 Å². The van der Waals surface area contributed by atoms with Crippen LogP contribution in [0.15, 0.2) is 33.3 Å². The highest BCUT2D eigenvalue weighted by molar-refractivity contribution is 9.10. The van der Waals surface area contributed by atoms with Gasteiger partial charge in [-0.25, -0.2) is 9.97 Å². The van der Waals surface area contributed by atoms with Crippen LogP contribution >= 0.6 is 43.5 Å². The van der Waals surface area contributed by atoms with Gasteiger partial charge in [-0.15, -0.1) is 0 Å². The predicted octanol–water partition coefficient (Wildman–Crippen LogP) is 4.71. The molecule has 2 aromatic rings. The van der Waals surface area contributed by atoms with Crippen molar-refractivity contribution in [2.24, 2.45) is 0 Å². The molecule has 0 saturated carbocycles. The molecule has 3 nitrogen and oxygen atoms in total. The highest BCUT2D eigenvalue weighted by Gasteiger charge is 2.04. The van der Waals surface area contributed by atoms with Crippen LogP contribution < -0.4 is 5.32 Å². The Morgan fingerprint density at radius 2 is 1.94 bits per heavy atom. The van der Waals surface area contributed by atoms with Crippen molar-refractivity contribution in [1.82, 2.24) is 9.97 Å². The number of hydrogen-bond acceptors (Lipinski definition) is 3. The lowest BCUT2D eigenvalue weighted by Crippen LogP contribution is -1.98. The van der Waals surface area contributed by atoms with Crippen LogP contribution in [0.2, 0.25) is 5.02 Å². The standard InChI is InChI=1S/C11H8Br2ClN3/c1-6-15-10(13)5-11(16-6)17-9-4-7(14)2-3-8(9)12/h2-5H,1H3,(H,15,16,17). The van der Waals surface area contributed by atoms with Gasteiger partial charge in [0.1, 0.15) is 16.2 Å². The summed E-state index contributed by atoms with van der Waals surface area (Å²) in [6, 6.07) is 7.34. The first-order chi connectivity index (χ1) is 8.04. The first kappa shape index (κ1) is 12.8. The molecule has 0 radical (unpaired) electrons. The number of benzene rings is 1. The van der Waals surface area contributed by atoms with Crippen LogP contribution in [-0.2, 0) is 0 Å². The summed E-state index contributed by atoms with van der Waals surface area (Å²) in [6.07, 6.45) is 0. The van der Waals surface area contributed by atoms with Gasteiger partial charge in [-0.3, -0.25) is 0 Å². The number of nitrogens with zero attached hydrogens (tertiary/aromatic N) is 2. The van der Waals surface area contributed by atoms with Gasteiger partial charge in [0, 0.05) is 15.6 Å². The van der Waals surface area contributed by atoms with E-state index < -0.39 is 0 Å². The molecule has 0 unspecified atom stereocenters. The third-order valence-corrected chi connectivity index (χ3v) is 3.33. The lowest BCUT2D eigenvalue weighted by atomic mass is 10.3. The molecule has 0 aliphatic carbocycles. The maximum Gasteiger partial charge on any atom is 0.135 e. The molecular formula is C11H8Br2ClN3. The third kappa shape index (κ3) is 3.40. The summed E-state index contributed by atoms with van der Waals surface area (Å²) in [5.74, 6) is 1.41. The number of rotatable bonds is 2. The Kier molecular flexibility index (Phi) is 4.01. The molecule has 0 bridgehead atoms. The van der Waals surface area contributed by atoms with Crippen molar-refractivity contribution in [2.45, 2.75) is 6.92 Å². The van der Waals surface area contributed by atoms with Gasteiger partial charge in [0.15, 0.2) is 0 Å². The summed E-state index contributed by atoms with van der Waals surface area (Å²) in [5, 5.41) is 3.85. The molecule has 0 spiro atoms. The molecule has 0 atom stereocenters. The van der Waals surface area contributed by atoms with Gasteiger partial charge in [0.25, 0.3) is 0 Å². The van der Waals surface area contributed by atoms with Crippen molar-refractivity contribution in [1.29, 1.82) is 0 Å². The number of aromatic nitrogens is 2. The molecule has 1 heterocycles. The first-order valence-corrected chi connectivity index (χ1v) is 6.74. The molecule has 17 heavy (non-hydrogen) atoms. The molecule has 2 rings (SSSR count). The Labute approximate surface area is 121 Å². The average molecular weight is 377 g/mol. The fraction of sp³-hybridized carbons (Fsp3) is 0.0909. The number of anilines is 2. The molecule has 0 saturated heterocycles. The quantitative estimate of drug-likeness (QED) is 0.771. The monoisotopic (exact) mass is 375 g/mol. The van der Waals surface area contributed by atoms with Crippen molar-refractivity contribution in [2.75, 3.05) is 5.32 Å². The molecule has 0 amide bonds. The highest BCUT2D eigenvalue weighted by atomic mass is 79.9. The number of aryl methyl sites for hydroxylation is 1. The average Bonchev–Trinajstić information content (AvgIpc) is 2.22. The second kappa shape index (κ2) is 5.33. The lowest BCUT2D eigenvalue weighted by molar-refractivity contribution is 1.04. The minimum absolute atomic E-state index is 0.667. The van der Waals surface area contributed by atoms with E-state index >= 15 is 0 Å². The maximum absolute atomic E-state index is 5.94. The Morgan fingerprint density at radius 1 is 1.18 bits per heavy atom. The smallest absolute Gasteiger partial charge is 0.135 e. The molecule has 0 aliphatic rings. The van der Waals surface area contributed by atoms with Crippen LogP contribution in [0, 0.1) is 6.92 Å². The normalized spacial score (nSPS) is 10.4. The number of hydrogen-bond donors (Lipinski definition) is 1. The minimum atomic E-state index is 0.667. The predicted molar refractivity (Wildman–Crippen MR) is 76.9 cm³/mol. The van der Waals surface area contributed by atoms with Crippen LogP contribution in [0.1, 0.15) is 5.82 Å². The summed E-state index contributed by atoms with van der Waals surface area (Å²) in [7, 11) is 0. The molecule has 88 valence electrons. The zero-order chi connectivity index (χ0) is 12.4. The van der Waals surface area contributed by atoms with Crippen molar-refractivity contribution < 1.29 is 0 Å².